The lowest BCUT2D eigenvalue weighted by molar-refractivity contribution is 0.00578. The highest BCUT2D eigenvalue weighted by Gasteiger charge is 2.54. The molecule has 1 aromatic heterocycles. The van der Waals surface area contributed by atoms with E-state index >= 15 is 0 Å². The minimum absolute atomic E-state index is 0.367. The summed E-state index contributed by atoms with van der Waals surface area (Å²) in [7, 11) is -1.34. The van der Waals surface area contributed by atoms with Gasteiger partial charge in [0.25, 0.3) is 0 Å². The maximum absolute atomic E-state index is 14.9. The minimum atomic E-state index is -0.793. The minimum Gasteiger partial charge on any atom is -0.399 e. The second kappa shape index (κ2) is 5.85. The molecule has 2 fully saturated rings. The number of nitrogens with one attached hydrogen (secondary N) is 1. The first-order valence-corrected chi connectivity index (χ1v) is 9.76. The molecule has 2 aliphatic rings. The molecule has 0 unspecified atom stereocenters. The zero-order chi connectivity index (χ0) is 20.7. The summed E-state index contributed by atoms with van der Waals surface area (Å²) in [5.41, 5.74) is -0.233. The van der Waals surface area contributed by atoms with E-state index < -0.39 is 36.6 Å². The van der Waals surface area contributed by atoms with Gasteiger partial charge in [-0.25, -0.2) is 4.39 Å². The Labute approximate surface area is 166 Å². The molecule has 3 heterocycles. The smallest absolute Gasteiger partial charge is 0.399 e. The molecule has 2 aliphatic heterocycles. The molecule has 0 spiro atoms. The Kier molecular flexibility index (Phi) is 4.17. The van der Waals surface area contributed by atoms with Gasteiger partial charge in [-0.2, -0.15) is 0 Å². The van der Waals surface area contributed by atoms with Crippen LogP contribution in [-0.4, -0.2) is 41.6 Å². The predicted octanol–water partition coefficient (Wildman–Crippen LogP) is 2.91. The van der Waals surface area contributed by atoms with E-state index in [1.54, 1.807) is 6.07 Å². The number of rotatable bonds is 2. The van der Waals surface area contributed by atoms with Gasteiger partial charge in [-0.1, -0.05) is 0 Å². The van der Waals surface area contributed by atoms with Gasteiger partial charge in [-0.15, -0.1) is 0 Å². The van der Waals surface area contributed by atoms with Crippen LogP contribution in [0.25, 0.3) is 10.9 Å². The zero-order valence-electron chi connectivity index (χ0n) is 17.9. The Balaban J connectivity index is 1.75. The molecule has 0 atom stereocenters. The van der Waals surface area contributed by atoms with Crippen molar-refractivity contribution in [2.75, 3.05) is 0 Å². The number of H-pyrrole nitrogens is 1. The maximum atomic E-state index is 14.9. The summed E-state index contributed by atoms with van der Waals surface area (Å²) in [5.74, 6) is -0.367. The molecule has 150 valence electrons. The lowest BCUT2D eigenvalue weighted by atomic mass is 9.77. The van der Waals surface area contributed by atoms with Crippen molar-refractivity contribution in [2.45, 2.75) is 77.8 Å². The molecular formula is C20H28B2FNO4. The number of benzene rings is 1. The van der Waals surface area contributed by atoms with Crippen LogP contribution in [0.4, 0.5) is 4.39 Å². The van der Waals surface area contributed by atoms with Crippen molar-refractivity contribution in [3.8, 4) is 0 Å². The normalized spacial score (nSPS) is 25.0. The largest absolute Gasteiger partial charge is 0.512 e. The van der Waals surface area contributed by atoms with Crippen molar-refractivity contribution in [3.05, 3.63) is 24.0 Å². The van der Waals surface area contributed by atoms with E-state index in [1.165, 1.54) is 6.07 Å². The van der Waals surface area contributed by atoms with Gasteiger partial charge in [0, 0.05) is 16.6 Å². The third-order valence-corrected chi connectivity index (χ3v) is 6.80. The molecule has 1 N–H and O–H groups in total. The van der Waals surface area contributed by atoms with Gasteiger partial charge in [0.2, 0.25) is 0 Å². The summed E-state index contributed by atoms with van der Waals surface area (Å²) in [4.78, 5) is 3.30. The highest BCUT2D eigenvalue weighted by atomic mass is 19.1. The number of hydrogen-bond acceptors (Lipinski definition) is 4. The van der Waals surface area contributed by atoms with Crippen molar-refractivity contribution in [2.24, 2.45) is 0 Å². The van der Waals surface area contributed by atoms with Gasteiger partial charge >= 0.3 is 14.2 Å². The van der Waals surface area contributed by atoms with Crippen molar-refractivity contribution in [1.29, 1.82) is 0 Å². The van der Waals surface area contributed by atoms with Crippen LogP contribution >= 0.6 is 0 Å². The first kappa shape index (κ1) is 20.0. The average Bonchev–Trinajstić information content (AvgIpc) is 3.10. The highest BCUT2D eigenvalue weighted by Crippen LogP contribution is 2.38. The number of aromatic nitrogens is 1. The van der Waals surface area contributed by atoms with Gasteiger partial charge in [-0.3, -0.25) is 0 Å². The van der Waals surface area contributed by atoms with Crippen LogP contribution in [0.5, 0.6) is 0 Å². The molecule has 0 radical (unpaired) electrons. The Hall–Kier alpha value is -1.34. The molecule has 0 saturated carbocycles. The summed E-state index contributed by atoms with van der Waals surface area (Å²) in [6.07, 6.45) is 0. The first-order valence-electron chi connectivity index (χ1n) is 9.76. The third-order valence-electron chi connectivity index (χ3n) is 6.80. The van der Waals surface area contributed by atoms with Crippen molar-refractivity contribution >= 4 is 36.2 Å². The molecule has 28 heavy (non-hydrogen) atoms. The molecule has 2 saturated heterocycles. The fourth-order valence-electron chi connectivity index (χ4n) is 3.51. The van der Waals surface area contributed by atoms with Crippen molar-refractivity contribution in [1.82, 2.24) is 4.98 Å². The monoisotopic (exact) mass is 387 g/mol. The second-order valence-electron chi connectivity index (χ2n) is 9.83. The number of aromatic amines is 1. The molecule has 2 aromatic rings. The molecule has 0 aliphatic carbocycles. The summed E-state index contributed by atoms with van der Waals surface area (Å²) >= 11 is 0. The molecule has 1 aromatic carbocycles. The van der Waals surface area contributed by atoms with Crippen LogP contribution in [0.3, 0.4) is 0 Å². The second-order valence-corrected chi connectivity index (χ2v) is 9.83. The van der Waals surface area contributed by atoms with Gasteiger partial charge in [0.05, 0.1) is 22.4 Å². The molecule has 0 amide bonds. The summed E-state index contributed by atoms with van der Waals surface area (Å²) in [6, 6.07) is 5.13. The molecule has 4 rings (SSSR count). The fourth-order valence-corrected chi connectivity index (χ4v) is 3.51. The van der Waals surface area contributed by atoms with Crippen LogP contribution < -0.4 is 11.1 Å². The Morgan fingerprint density at radius 1 is 0.750 bits per heavy atom. The topological polar surface area (TPSA) is 52.7 Å². The summed E-state index contributed by atoms with van der Waals surface area (Å²) < 4.78 is 39.3. The molecular weight excluding hydrogens is 359 g/mol. The van der Waals surface area contributed by atoms with Crippen LogP contribution in [0.2, 0.25) is 0 Å². The molecule has 0 bridgehead atoms. The quantitative estimate of drug-likeness (QED) is 0.806. The van der Waals surface area contributed by atoms with Crippen LogP contribution in [0.1, 0.15) is 55.4 Å². The SMILES string of the molecule is CC1(C)OB(c2cc3ccc(F)c(B4OC(C)(C)C(C)(C)O4)c3[nH]2)OC1(C)C. The average molecular weight is 387 g/mol. The van der Waals surface area contributed by atoms with E-state index in [0.29, 0.717) is 11.0 Å². The zero-order valence-corrected chi connectivity index (χ0v) is 17.9. The van der Waals surface area contributed by atoms with Crippen LogP contribution in [0, 0.1) is 5.82 Å². The third kappa shape index (κ3) is 2.84. The van der Waals surface area contributed by atoms with E-state index in [0.717, 1.165) is 11.0 Å². The maximum Gasteiger partial charge on any atom is 0.512 e. The van der Waals surface area contributed by atoms with E-state index in [-0.39, 0.29) is 5.82 Å². The van der Waals surface area contributed by atoms with Gasteiger partial charge < -0.3 is 23.6 Å². The van der Waals surface area contributed by atoms with Gasteiger partial charge in [-0.05, 0) is 79.0 Å². The fraction of sp³-hybridized carbons (Fsp3) is 0.600. The number of halogens is 1. The number of fused-ring (bicyclic) bond motifs is 1. The van der Waals surface area contributed by atoms with Crippen LogP contribution in [-0.2, 0) is 18.6 Å². The molecule has 8 heteroatoms. The summed E-state index contributed by atoms with van der Waals surface area (Å²) in [6.45, 7) is 15.8. The highest BCUT2D eigenvalue weighted by molar-refractivity contribution is 6.66. The van der Waals surface area contributed by atoms with E-state index in [4.69, 9.17) is 18.6 Å². The first-order chi connectivity index (χ1) is 12.7. The number of hydrogen-bond donors (Lipinski definition) is 1. The van der Waals surface area contributed by atoms with E-state index in [9.17, 15) is 4.39 Å². The van der Waals surface area contributed by atoms with E-state index in [1.807, 2.05) is 61.5 Å². The lowest BCUT2D eigenvalue weighted by Gasteiger charge is -2.32. The Bertz CT molecular complexity index is 906. The lowest BCUT2D eigenvalue weighted by Crippen LogP contribution is -2.41. The summed E-state index contributed by atoms with van der Waals surface area (Å²) in [5, 5.41) is 0.857. The molecule has 5 nitrogen and oxygen atoms in total. The van der Waals surface area contributed by atoms with E-state index in [2.05, 4.69) is 4.98 Å². The standard InChI is InChI=1S/C20H28B2FNO4/c1-17(2)18(3,4)26-21(25-17)14-11-12-9-10-13(23)15(16(12)24-14)22-27-19(5,6)20(7,8)28-22/h9-11,24H,1-8H3. The Morgan fingerprint density at radius 2 is 1.21 bits per heavy atom. The van der Waals surface area contributed by atoms with Crippen molar-refractivity contribution in [3.63, 3.8) is 0 Å². The van der Waals surface area contributed by atoms with Crippen LogP contribution in [0.15, 0.2) is 18.2 Å². The predicted molar refractivity (Wildman–Crippen MR) is 110 cm³/mol. The van der Waals surface area contributed by atoms with Gasteiger partial charge in [0.1, 0.15) is 5.82 Å². The van der Waals surface area contributed by atoms with Crippen molar-refractivity contribution < 1.29 is 23.0 Å². The Morgan fingerprint density at radius 3 is 1.71 bits per heavy atom. The van der Waals surface area contributed by atoms with Gasteiger partial charge in [0.15, 0.2) is 0 Å².